The van der Waals surface area contributed by atoms with Crippen molar-refractivity contribution in [2.45, 2.75) is 23.8 Å². The lowest BCUT2D eigenvalue weighted by atomic mass is 10.1. The van der Waals surface area contributed by atoms with E-state index in [1.807, 2.05) is 0 Å². The number of hydrazine groups is 1. The van der Waals surface area contributed by atoms with E-state index in [1.54, 1.807) is 6.92 Å². The van der Waals surface area contributed by atoms with Crippen LogP contribution in [0, 0.1) is 0 Å². The highest BCUT2D eigenvalue weighted by Gasteiger charge is 2.39. The molecule has 8 heteroatoms. The zero-order chi connectivity index (χ0) is 13.4. The molecular formula is C10H16N4O3S. The van der Waals surface area contributed by atoms with Gasteiger partial charge in [-0.15, -0.1) is 0 Å². The minimum atomic E-state index is -3.68. The maximum absolute atomic E-state index is 12.4. The fraction of sp³-hybridized carbons (Fsp3) is 0.500. The third-order valence-corrected chi connectivity index (χ3v) is 4.85. The van der Waals surface area contributed by atoms with Crippen LogP contribution in [0.15, 0.2) is 23.4 Å². The first-order chi connectivity index (χ1) is 8.37. The van der Waals surface area contributed by atoms with Crippen LogP contribution < -0.4 is 11.3 Å². The van der Waals surface area contributed by atoms with Crippen LogP contribution in [0.2, 0.25) is 0 Å². The van der Waals surface area contributed by atoms with Crippen LogP contribution in [0.5, 0.6) is 0 Å². The Morgan fingerprint density at radius 3 is 2.89 bits per heavy atom. The fourth-order valence-electron chi connectivity index (χ4n) is 1.95. The zero-order valence-corrected chi connectivity index (χ0v) is 10.8. The topological polar surface area (TPSA) is 109 Å². The summed E-state index contributed by atoms with van der Waals surface area (Å²) in [5.74, 6) is 5.29. The summed E-state index contributed by atoms with van der Waals surface area (Å²) in [6.45, 7) is 1.98. The molecule has 0 amide bonds. The number of nitrogen functional groups attached to an aromatic ring is 1. The fourth-order valence-corrected chi connectivity index (χ4v) is 3.61. The van der Waals surface area contributed by atoms with Gasteiger partial charge in [-0.05, 0) is 19.4 Å². The van der Waals surface area contributed by atoms with E-state index in [4.69, 9.17) is 5.84 Å². The Morgan fingerprint density at radius 2 is 2.33 bits per heavy atom. The van der Waals surface area contributed by atoms with Crippen molar-refractivity contribution in [2.75, 3.05) is 18.5 Å². The van der Waals surface area contributed by atoms with Crippen LogP contribution in [-0.4, -0.2) is 41.5 Å². The number of β-amino-alcohol motifs (C(OH)–C–C–N with tert-alkyl or cyclic N) is 1. The van der Waals surface area contributed by atoms with Crippen molar-refractivity contribution in [3.8, 4) is 0 Å². The number of nitrogens with zero attached hydrogens (tertiary/aromatic N) is 2. The van der Waals surface area contributed by atoms with Gasteiger partial charge in [-0.1, -0.05) is 0 Å². The first-order valence-electron chi connectivity index (χ1n) is 5.50. The van der Waals surface area contributed by atoms with E-state index in [-0.39, 0.29) is 23.7 Å². The van der Waals surface area contributed by atoms with Crippen molar-refractivity contribution < 1.29 is 13.5 Å². The molecule has 1 aliphatic rings. The van der Waals surface area contributed by atoms with Gasteiger partial charge in [-0.3, -0.25) is 10.8 Å². The third kappa shape index (κ3) is 2.32. The van der Waals surface area contributed by atoms with E-state index in [1.165, 1.54) is 22.8 Å². The Hall–Kier alpha value is -1.22. The number of rotatable bonds is 3. The summed E-state index contributed by atoms with van der Waals surface area (Å²) in [6.07, 6.45) is 3.11. The Morgan fingerprint density at radius 1 is 1.61 bits per heavy atom. The van der Waals surface area contributed by atoms with Gasteiger partial charge in [-0.2, -0.15) is 4.31 Å². The highest BCUT2D eigenvalue weighted by Crippen LogP contribution is 2.29. The molecule has 0 saturated carbocycles. The summed E-state index contributed by atoms with van der Waals surface area (Å²) in [7, 11) is -3.68. The first-order valence-corrected chi connectivity index (χ1v) is 6.94. The normalized spacial score (nSPS) is 25.3. The molecule has 1 fully saturated rings. The lowest BCUT2D eigenvalue weighted by Gasteiger charge is -2.20. The molecule has 18 heavy (non-hydrogen) atoms. The lowest BCUT2D eigenvalue weighted by molar-refractivity contribution is 0.0762. The van der Waals surface area contributed by atoms with Crippen LogP contribution in [-0.2, 0) is 10.0 Å². The van der Waals surface area contributed by atoms with E-state index in [9.17, 15) is 13.5 Å². The maximum atomic E-state index is 12.4. The Bertz CT molecular complexity index is 544. The molecule has 1 aromatic rings. The molecule has 1 atom stereocenters. The molecule has 0 radical (unpaired) electrons. The molecule has 100 valence electrons. The van der Waals surface area contributed by atoms with E-state index < -0.39 is 15.6 Å². The number of nitrogens with one attached hydrogen (secondary N) is 1. The number of hydrogen-bond acceptors (Lipinski definition) is 6. The number of aromatic nitrogens is 1. The molecule has 2 heterocycles. The van der Waals surface area contributed by atoms with Gasteiger partial charge >= 0.3 is 0 Å². The van der Waals surface area contributed by atoms with E-state index >= 15 is 0 Å². The summed E-state index contributed by atoms with van der Waals surface area (Å²) in [5.41, 5.74) is 1.65. The lowest BCUT2D eigenvalue weighted by Crippen LogP contribution is -2.34. The van der Waals surface area contributed by atoms with Crippen molar-refractivity contribution in [2.24, 2.45) is 5.84 Å². The second kappa shape index (κ2) is 4.47. The Kier molecular flexibility index (Phi) is 3.28. The summed E-state index contributed by atoms with van der Waals surface area (Å²) in [4.78, 5) is 3.82. The van der Waals surface area contributed by atoms with Gasteiger partial charge in [0.05, 0.1) is 11.3 Å². The zero-order valence-electron chi connectivity index (χ0n) is 10.00. The molecule has 0 bridgehead atoms. The van der Waals surface area contributed by atoms with E-state index in [0.29, 0.717) is 6.42 Å². The van der Waals surface area contributed by atoms with Gasteiger partial charge in [0.2, 0.25) is 10.0 Å². The molecule has 0 aromatic carbocycles. The molecular weight excluding hydrogens is 256 g/mol. The molecule has 7 nitrogen and oxygen atoms in total. The number of sulfonamides is 1. The second-order valence-corrected chi connectivity index (χ2v) is 6.51. The number of anilines is 1. The van der Waals surface area contributed by atoms with Crippen LogP contribution >= 0.6 is 0 Å². The molecule has 1 aliphatic heterocycles. The van der Waals surface area contributed by atoms with Gasteiger partial charge in [0.1, 0.15) is 4.90 Å². The van der Waals surface area contributed by atoms with Gasteiger partial charge < -0.3 is 10.5 Å². The molecule has 0 aliphatic carbocycles. The first kappa shape index (κ1) is 13.2. The van der Waals surface area contributed by atoms with Gasteiger partial charge in [0, 0.05) is 25.5 Å². The van der Waals surface area contributed by atoms with E-state index in [0.717, 1.165) is 0 Å². The Balaban J connectivity index is 2.38. The quantitative estimate of drug-likeness (QED) is 0.506. The standard InChI is InChI=1S/C10H16N4O3S/c1-10(15)3-5-14(7-10)18(16,17)9-6-12-4-2-8(9)13-11/h2,4,6,15H,3,5,7,11H2,1H3,(H,12,13). The number of hydrogen-bond donors (Lipinski definition) is 3. The van der Waals surface area contributed by atoms with Gasteiger partial charge in [-0.25, -0.2) is 8.42 Å². The minimum Gasteiger partial charge on any atom is -0.389 e. The Labute approximate surface area is 106 Å². The molecule has 1 saturated heterocycles. The average molecular weight is 272 g/mol. The second-order valence-electron chi connectivity index (χ2n) is 4.60. The largest absolute Gasteiger partial charge is 0.389 e. The monoisotopic (exact) mass is 272 g/mol. The smallest absolute Gasteiger partial charge is 0.246 e. The van der Waals surface area contributed by atoms with Crippen LogP contribution in [0.3, 0.4) is 0 Å². The average Bonchev–Trinajstić information content (AvgIpc) is 2.70. The SMILES string of the molecule is CC1(O)CCN(S(=O)(=O)c2cnccc2NN)C1. The highest BCUT2D eigenvalue weighted by molar-refractivity contribution is 7.89. The van der Waals surface area contributed by atoms with Crippen LogP contribution in [0.25, 0.3) is 0 Å². The molecule has 4 N–H and O–H groups in total. The van der Waals surface area contributed by atoms with Gasteiger partial charge in [0.15, 0.2) is 0 Å². The van der Waals surface area contributed by atoms with Crippen molar-refractivity contribution in [1.29, 1.82) is 0 Å². The van der Waals surface area contributed by atoms with Crippen molar-refractivity contribution in [3.63, 3.8) is 0 Å². The van der Waals surface area contributed by atoms with Crippen molar-refractivity contribution >= 4 is 15.7 Å². The minimum absolute atomic E-state index is 0.0187. The van der Waals surface area contributed by atoms with Crippen LogP contribution in [0.4, 0.5) is 5.69 Å². The third-order valence-electron chi connectivity index (χ3n) is 2.97. The molecule has 2 rings (SSSR count). The van der Waals surface area contributed by atoms with Crippen molar-refractivity contribution in [1.82, 2.24) is 9.29 Å². The number of aliphatic hydroxyl groups is 1. The summed E-state index contributed by atoms with van der Waals surface area (Å²) < 4.78 is 26.0. The maximum Gasteiger partial charge on any atom is 0.246 e. The summed E-state index contributed by atoms with van der Waals surface area (Å²) >= 11 is 0. The predicted octanol–water partition coefficient (Wildman–Crippen LogP) is -0.487. The summed E-state index contributed by atoms with van der Waals surface area (Å²) in [5, 5.41) is 9.84. The molecule has 1 aromatic heterocycles. The number of nitrogens with two attached hydrogens (primary N) is 1. The van der Waals surface area contributed by atoms with Crippen molar-refractivity contribution in [3.05, 3.63) is 18.5 Å². The molecule has 0 spiro atoms. The predicted molar refractivity (Wildman–Crippen MR) is 66.0 cm³/mol. The van der Waals surface area contributed by atoms with Crippen LogP contribution in [0.1, 0.15) is 13.3 Å². The molecule has 1 unspecified atom stereocenters. The highest BCUT2D eigenvalue weighted by atomic mass is 32.2. The summed E-state index contributed by atoms with van der Waals surface area (Å²) in [6, 6.07) is 1.49. The van der Waals surface area contributed by atoms with E-state index in [2.05, 4.69) is 10.4 Å². The number of pyridine rings is 1. The van der Waals surface area contributed by atoms with Gasteiger partial charge in [0.25, 0.3) is 0 Å².